The van der Waals surface area contributed by atoms with Crippen molar-refractivity contribution in [1.82, 2.24) is 9.88 Å². The maximum Gasteiger partial charge on any atom is 0.0959 e. The van der Waals surface area contributed by atoms with Crippen LogP contribution >= 0.6 is 0 Å². The highest BCUT2D eigenvalue weighted by atomic mass is 16.3. The molecule has 3 nitrogen and oxygen atoms in total. The summed E-state index contributed by atoms with van der Waals surface area (Å²) in [4.78, 5) is 5.86. The molecule has 1 rings (SSSR count). The van der Waals surface area contributed by atoms with Crippen molar-refractivity contribution >= 4 is 0 Å². The maximum atomic E-state index is 8.90. The lowest BCUT2D eigenvalue weighted by atomic mass is 10.2. The fraction of sp³-hybridized carbons (Fsp3) is 0.444. The molecule has 1 aromatic rings. The Morgan fingerprint density at radius 1 is 1.42 bits per heavy atom. The van der Waals surface area contributed by atoms with Crippen LogP contribution in [0.3, 0.4) is 0 Å². The highest BCUT2D eigenvalue weighted by molar-refractivity contribution is 5.09. The van der Waals surface area contributed by atoms with Crippen molar-refractivity contribution in [3.05, 3.63) is 30.1 Å². The van der Waals surface area contributed by atoms with E-state index in [1.54, 1.807) is 12.4 Å². The predicted octanol–water partition coefficient (Wildman–Crippen LogP) is 0.853. The second kappa shape index (κ2) is 4.85. The Morgan fingerprint density at radius 2 is 2.08 bits per heavy atom. The molecule has 0 saturated heterocycles. The number of aliphatic hydroxyl groups is 1. The third kappa shape index (κ3) is 2.60. The summed E-state index contributed by atoms with van der Waals surface area (Å²) in [6, 6.07) is 3.91. The van der Waals surface area contributed by atoms with Crippen LogP contribution in [0.5, 0.6) is 0 Å². The molecule has 0 unspecified atom stereocenters. The van der Waals surface area contributed by atoms with Gasteiger partial charge in [-0.3, -0.25) is 9.88 Å². The molecule has 0 aliphatic heterocycles. The van der Waals surface area contributed by atoms with Gasteiger partial charge in [0.2, 0.25) is 0 Å². The van der Waals surface area contributed by atoms with E-state index in [1.807, 2.05) is 24.0 Å². The molecule has 0 bridgehead atoms. The normalized spacial score (nSPS) is 10.6. The minimum absolute atomic E-state index is 0.110. The molecule has 0 aromatic carbocycles. The first-order valence-electron chi connectivity index (χ1n) is 4.09. The van der Waals surface area contributed by atoms with Gasteiger partial charge in [-0.1, -0.05) is 6.92 Å². The number of rotatable bonds is 4. The van der Waals surface area contributed by atoms with Gasteiger partial charge in [-0.05, 0) is 24.2 Å². The standard InChI is InChI=1S/C9H14N2O/c1-2-11(8-12)7-9-3-5-10-6-4-9/h3-6,12H,2,7-8H2,1H3. The molecule has 0 aliphatic carbocycles. The smallest absolute Gasteiger partial charge is 0.0959 e. The summed E-state index contributed by atoms with van der Waals surface area (Å²) in [6.07, 6.45) is 3.53. The molecule has 3 heteroatoms. The lowest BCUT2D eigenvalue weighted by molar-refractivity contribution is 0.106. The number of aliphatic hydroxyl groups excluding tert-OH is 1. The third-order valence-electron chi connectivity index (χ3n) is 1.80. The summed E-state index contributed by atoms with van der Waals surface area (Å²) in [5, 5.41) is 8.90. The molecule has 0 aliphatic rings. The van der Waals surface area contributed by atoms with Gasteiger partial charge in [0.05, 0.1) is 6.73 Å². The number of aromatic nitrogens is 1. The Hall–Kier alpha value is -0.930. The van der Waals surface area contributed by atoms with Crippen LogP contribution in [0.15, 0.2) is 24.5 Å². The van der Waals surface area contributed by atoms with E-state index >= 15 is 0 Å². The van der Waals surface area contributed by atoms with Gasteiger partial charge in [0.25, 0.3) is 0 Å². The van der Waals surface area contributed by atoms with Crippen molar-refractivity contribution in [3.63, 3.8) is 0 Å². The first-order chi connectivity index (χ1) is 5.86. The SMILES string of the molecule is CCN(CO)Cc1ccncc1. The van der Waals surface area contributed by atoms with Crippen LogP contribution in [0.4, 0.5) is 0 Å². The van der Waals surface area contributed by atoms with E-state index in [4.69, 9.17) is 5.11 Å². The van der Waals surface area contributed by atoms with E-state index in [1.165, 1.54) is 5.56 Å². The van der Waals surface area contributed by atoms with Crippen LogP contribution in [-0.4, -0.2) is 28.3 Å². The summed E-state index contributed by atoms with van der Waals surface area (Å²) < 4.78 is 0. The minimum Gasteiger partial charge on any atom is -0.381 e. The maximum absolute atomic E-state index is 8.90. The lowest BCUT2D eigenvalue weighted by Crippen LogP contribution is -2.23. The first-order valence-corrected chi connectivity index (χ1v) is 4.09. The Labute approximate surface area is 72.7 Å². The van der Waals surface area contributed by atoms with Gasteiger partial charge in [0.15, 0.2) is 0 Å². The molecule has 1 N–H and O–H groups in total. The quantitative estimate of drug-likeness (QED) is 0.674. The fourth-order valence-electron chi connectivity index (χ4n) is 1.01. The zero-order valence-corrected chi connectivity index (χ0v) is 7.27. The van der Waals surface area contributed by atoms with Crippen LogP contribution in [-0.2, 0) is 6.54 Å². The van der Waals surface area contributed by atoms with Crippen LogP contribution in [0.25, 0.3) is 0 Å². The second-order valence-corrected chi connectivity index (χ2v) is 2.64. The Kier molecular flexibility index (Phi) is 3.70. The highest BCUT2D eigenvalue weighted by Crippen LogP contribution is 2.01. The first kappa shape index (κ1) is 9.16. The van der Waals surface area contributed by atoms with Gasteiger partial charge in [0.1, 0.15) is 0 Å². The number of nitrogens with zero attached hydrogens (tertiary/aromatic N) is 2. The van der Waals surface area contributed by atoms with Crippen molar-refractivity contribution in [3.8, 4) is 0 Å². The monoisotopic (exact) mass is 166 g/mol. The summed E-state index contributed by atoms with van der Waals surface area (Å²) >= 11 is 0. The van der Waals surface area contributed by atoms with Gasteiger partial charge in [-0.25, -0.2) is 0 Å². The zero-order valence-electron chi connectivity index (χ0n) is 7.27. The van der Waals surface area contributed by atoms with Crippen LogP contribution in [0, 0.1) is 0 Å². The van der Waals surface area contributed by atoms with E-state index in [2.05, 4.69) is 4.98 Å². The predicted molar refractivity (Wildman–Crippen MR) is 47.4 cm³/mol. The van der Waals surface area contributed by atoms with Gasteiger partial charge < -0.3 is 5.11 Å². The molecule has 1 heterocycles. The van der Waals surface area contributed by atoms with E-state index in [0.717, 1.165) is 13.1 Å². The van der Waals surface area contributed by atoms with Crippen LogP contribution in [0.1, 0.15) is 12.5 Å². The Morgan fingerprint density at radius 3 is 2.58 bits per heavy atom. The van der Waals surface area contributed by atoms with Gasteiger partial charge >= 0.3 is 0 Å². The van der Waals surface area contributed by atoms with Crippen molar-refractivity contribution in [2.24, 2.45) is 0 Å². The summed E-state index contributed by atoms with van der Waals surface area (Å²) in [7, 11) is 0. The average Bonchev–Trinajstić information content (AvgIpc) is 2.16. The molecular weight excluding hydrogens is 152 g/mol. The number of hydrogen-bond donors (Lipinski definition) is 1. The van der Waals surface area contributed by atoms with E-state index in [9.17, 15) is 0 Å². The van der Waals surface area contributed by atoms with Gasteiger partial charge in [-0.2, -0.15) is 0 Å². The number of pyridine rings is 1. The molecule has 1 aromatic heterocycles. The molecule has 0 saturated carbocycles. The van der Waals surface area contributed by atoms with Crippen molar-refractivity contribution < 1.29 is 5.11 Å². The summed E-state index contributed by atoms with van der Waals surface area (Å²) in [6.45, 7) is 3.78. The van der Waals surface area contributed by atoms with E-state index in [0.29, 0.717) is 0 Å². The summed E-state index contributed by atoms with van der Waals surface area (Å²) in [5.74, 6) is 0. The van der Waals surface area contributed by atoms with E-state index in [-0.39, 0.29) is 6.73 Å². The average molecular weight is 166 g/mol. The van der Waals surface area contributed by atoms with Crippen molar-refractivity contribution in [1.29, 1.82) is 0 Å². The molecule has 66 valence electrons. The van der Waals surface area contributed by atoms with Crippen molar-refractivity contribution in [2.75, 3.05) is 13.3 Å². The zero-order chi connectivity index (χ0) is 8.81. The van der Waals surface area contributed by atoms with Gasteiger partial charge in [-0.15, -0.1) is 0 Å². The molecule has 12 heavy (non-hydrogen) atoms. The fourth-order valence-corrected chi connectivity index (χ4v) is 1.01. The van der Waals surface area contributed by atoms with Crippen LogP contribution in [0.2, 0.25) is 0 Å². The largest absolute Gasteiger partial charge is 0.381 e. The lowest BCUT2D eigenvalue weighted by Gasteiger charge is -2.16. The third-order valence-corrected chi connectivity index (χ3v) is 1.80. The molecule has 0 atom stereocenters. The van der Waals surface area contributed by atoms with Crippen LogP contribution < -0.4 is 0 Å². The molecule has 0 fully saturated rings. The van der Waals surface area contributed by atoms with Gasteiger partial charge in [0, 0.05) is 18.9 Å². The second-order valence-electron chi connectivity index (χ2n) is 2.64. The Bertz CT molecular complexity index is 209. The number of hydrogen-bond acceptors (Lipinski definition) is 3. The summed E-state index contributed by atoms with van der Waals surface area (Å²) in [5.41, 5.74) is 1.18. The van der Waals surface area contributed by atoms with Crippen molar-refractivity contribution in [2.45, 2.75) is 13.5 Å². The molecule has 0 amide bonds. The Balaban J connectivity index is 2.51. The molecule has 0 spiro atoms. The topological polar surface area (TPSA) is 36.4 Å². The highest BCUT2D eigenvalue weighted by Gasteiger charge is 1.99. The molecule has 0 radical (unpaired) electrons. The molecular formula is C9H14N2O. The van der Waals surface area contributed by atoms with E-state index < -0.39 is 0 Å². The minimum atomic E-state index is 0.110.